The van der Waals surface area contributed by atoms with Crippen LogP contribution in [0, 0.1) is 11.8 Å². The third kappa shape index (κ3) is 3.17. The molecule has 0 aromatic carbocycles. The smallest absolute Gasteiger partial charge is 0.225 e. The third-order valence-electron chi connectivity index (χ3n) is 5.65. The zero-order valence-corrected chi connectivity index (χ0v) is 13.3. The number of amides is 1. The molecule has 20 heavy (non-hydrogen) atoms. The molecule has 3 unspecified atom stereocenters. The fourth-order valence-corrected chi connectivity index (χ4v) is 4.09. The zero-order valence-electron chi connectivity index (χ0n) is 13.3. The molecule has 0 bridgehead atoms. The van der Waals surface area contributed by atoms with Gasteiger partial charge in [0.25, 0.3) is 0 Å². The van der Waals surface area contributed by atoms with Gasteiger partial charge in [0.1, 0.15) is 0 Å². The number of hydrogen-bond acceptors (Lipinski definition) is 3. The van der Waals surface area contributed by atoms with Crippen molar-refractivity contribution in [3.8, 4) is 0 Å². The van der Waals surface area contributed by atoms with E-state index in [-0.39, 0.29) is 23.4 Å². The molecule has 116 valence electrons. The van der Waals surface area contributed by atoms with Crippen molar-refractivity contribution in [3.63, 3.8) is 0 Å². The molecule has 2 saturated carbocycles. The van der Waals surface area contributed by atoms with Gasteiger partial charge in [0, 0.05) is 18.1 Å². The Kier molecular flexibility index (Phi) is 5.08. The summed E-state index contributed by atoms with van der Waals surface area (Å²) in [6.45, 7) is 2.94. The van der Waals surface area contributed by atoms with Gasteiger partial charge in [-0.3, -0.25) is 4.79 Å². The van der Waals surface area contributed by atoms with Crippen LogP contribution in [0.3, 0.4) is 0 Å². The summed E-state index contributed by atoms with van der Waals surface area (Å²) in [5.74, 6) is 0.597. The largest absolute Gasteiger partial charge is 0.354 e. The van der Waals surface area contributed by atoms with E-state index in [1.165, 1.54) is 25.7 Å². The standard InChI is InChI=1S/C16H31N3O/c1-12-7-6-8-13(17)14(12)15(20)18-11-16(19(2)3)9-4-5-10-16/h12-14H,4-11,17H2,1-3H3,(H,18,20). The van der Waals surface area contributed by atoms with Gasteiger partial charge in [0.15, 0.2) is 0 Å². The molecule has 0 spiro atoms. The Hall–Kier alpha value is -0.610. The molecule has 2 aliphatic carbocycles. The molecule has 2 fully saturated rings. The fraction of sp³-hybridized carbons (Fsp3) is 0.938. The average molecular weight is 281 g/mol. The predicted octanol–water partition coefficient (Wildman–Crippen LogP) is 1.74. The maximum atomic E-state index is 12.5. The molecule has 4 heteroatoms. The summed E-state index contributed by atoms with van der Waals surface area (Å²) < 4.78 is 0. The molecule has 2 rings (SSSR count). The Labute approximate surface area is 123 Å². The predicted molar refractivity (Wildman–Crippen MR) is 82.4 cm³/mol. The number of likely N-dealkylation sites (N-methyl/N-ethyl adjacent to an activating group) is 1. The topological polar surface area (TPSA) is 58.4 Å². The van der Waals surface area contributed by atoms with Crippen LogP contribution in [0.2, 0.25) is 0 Å². The minimum absolute atomic E-state index is 0.00404. The third-order valence-corrected chi connectivity index (χ3v) is 5.65. The highest BCUT2D eigenvalue weighted by atomic mass is 16.1. The zero-order chi connectivity index (χ0) is 14.8. The van der Waals surface area contributed by atoms with E-state index in [0.29, 0.717) is 5.92 Å². The summed E-state index contributed by atoms with van der Waals surface area (Å²) in [6.07, 6.45) is 8.19. The van der Waals surface area contributed by atoms with Crippen molar-refractivity contribution in [2.45, 2.75) is 63.5 Å². The normalized spacial score (nSPS) is 33.4. The van der Waals surface area contributed by atoms with E-state index < -0.39 is 0 Å². The van der Waals surface area contributed by atoms with Crippen molar-refractivity contribution in [2.24, 2.45) is 17.6 Å². The van der Waals surface area contributed by atoms with Crippen LogP contribution in [0.4, 0.5) is 0 Å². The molecule has 0 heterocycles. The van der Waals surface area contributed by atoms with Crippen LogP contribution < -0.4 is 11.1 Å². The number of rotatable bonds is 4. The van der Waals surface area contributed by atoms with Crippen molar-refractivity contribution < 1.29 is 4.79 Å². The highest BCUT2D eigenvalue weighted by Gasteiger charge is 2.38. The van der Waals surface area contributed by atoms with Gasteiger partial charge in [-0.15, -0.1) is 0 Å². The molecule has 3 N–H and O–H groups in total. The lowest BCUT2D eigenvalue weighted by molar-refractivity contribution is -0.128. The molecular weight excluding hydrogens is 250 g/mol. The number of carbonyl (C=O) groups excluding carboxylic acids is 1. The Bertz CT molecular complexity index is 327. The van der Waals surface area contributed by atoms with Gasteiger partial charge in [-0.2, -0.15) is 0 Å². The van der Waals surface area contributed by atoms with Crippen molar-refractivity contribution in [2.75, 3.05) is 20.6 Å². The lowest BCUT2D eigenvalue weighted by Gasteiger charge is -2.38. The molecule has 0 aromatic rings. The summed E-state index contributed by atoms with van der Waals surface area (Å²) >= 11 is 0. The van der Waals surface area contributed by atoms with Crippen molar-refractivity contribution in [3.05, 3.63) is 0 Å². The fourth-order valence-electron chi connectivity index (χ4n) is 4.09. The first-order chi connectivity index (χ1) is 9.46. The summed E-state index contributed by atoms with van der Waals surface area (Å²) in [4.78, 5) is 14.8. The van der Waals surface area contributed by atoms with Crippen LogP contribution in [-0.2, 0) is 4.79 Å². The molecule has 1 amide bonds. The molecule has 4 nitrogen and oxygen atoms in total. The summed E-state index contributed by atoms with van der Waals surface area (Å²) in [5.41, 5.74) is 6.34. The Morgan fingerprint density at radius 1 is 1.25 bits per heavy atom. The molecular formula is C16H31N3O. The molecule has 2 aliphatic rings. The minimum atomic E-state index is 0.00404. The van der Waals surface area contributed by atoms with E-state index in [0.717, 1.165) is 25.8 Å². The Morgan fingerprint density at radius 3 is 2.45 bits per heavy atom. The van der Waals surface area contributed by atoms with E-state index >= 15 is 0 Å². The monoisotopic (exact) mass is 281 g/mol. The number of nitrogens with two attached hydrogens (primary N) is 1. The van der Waals surface area contributed by atoms with Crippen LogP contribution in [0.25, 0.3) is 0 Å². The Balaban J connectivity index is 1.93. The maximum absolute atomic E-state index is 12.5. The van der Waals surface area contributed by atoms with E-state index in [4.69, 9.17) is 5.73 Å². The maximum Gasteiger partial charge on any atom is 0.225 e. The Morgan fingerprint density at radius 2 is 1.90 bits per heavy atom. The lowest BCUT2D eigenvalue weighted by Crippen LogP contribution is -2.54. The van der Waals surface area contributed by atoms with Crippen LogP contribution in [0.15, 0.2) is 0 Å². The lowest BCUT2D eigenvalue weighted by atomic mass is 9.76. The minimum Gasteiger partial charge on any atom is -0.354 e. The van der Waals surface area contributed by atoms with Gasteiger partial charge >= 0.3 is 0 Å². The second kappa shape index (κ2) is 6.44. The summed E-state index contributed by atoms with van der Waals surface area (Å²) in [6, 6.07) is 0.0395. The van der Waals surface area contributed by atoms with Crippen LogP contribution in [-0.4, -0.2) is 43.0 Å². The number of hydrogen-bond donors (Lipinski definition) is 2. The highest BCUT2D eigenvalue weighted by Crippen LogP contribution is 2.34. The first kappa shape index (κ1) is 15.8. The van der Waals surface area contributed by atoms with Gasteiger partial charge in [-0.05, 0) is 45.7 Å². The van der Waals surface area contributed by atoms with E-state index in [1.54, 1.807) is 0 Å². The van der Waals surface area contributed by atoms with Crippen LogP contribution >= 0.6 is 0 Å². The molecule has 0 aliphatic heterocycles. The number of nitrogens with zero attached hydrogens (tertiary/aromatic N) is 1. The van der Waals surface area contributed by atoms with E-state index in [2.05, 4.69) is 31.2 Å². The molecule has 0 saturated heterocycles. The highest BCUT2D eigenvalue weighted by molar-refractivity contribution is 5.79. The summed E-state index contributed by atoms with van der Waals surface area (Å²) in [7, 11) is 4.26. The molecule has 0 aromatic heterocycles. The number of nitrogens with one attached hydrogen (secondary N) is 1. The van der Waals surface area contributed by atoms with Gasteiger partial charge in [-0.1, -0.05) is 26.2 Å². The van der Waals surface area contributed by atoms with Crippen molar-refractivity contribution in [1.82, 2.24) is 10.2 Å². The van der Waals surface area contributed by atoms with Gasteiger partial charge in [0.2, 0.25) is 5.91 Å². The second-order valence-corrected chi connectivity index (χ2v) is 7.14. The quantitative estimate of drug-likeness (QED) is 0.825. The first-order valence-electron chi connectivity index (χ1n) is 8.17. The second-order valence-electron chi connectivity index (χ2n) is 7.14. The van der Waals surface area contributed by atoms with Crippen LogP contribution in [0.1, 0.15) is 51.9 Å². The van der Waals surface area contributed by atoms with E-state index in [9.17, 15) is 4.79 Å². The SMILES string of the molecule is CC1CCCC(N)C1C(=O)NCC1(N(C)C)CCCC1. The summed E-state index contributed by atoms with van der Waals surface area (Å²) in [5, 5.41) is 3.22. The van der Waals surface area contributed by atoms with Gasteiger partial charge < -0.3 is 16.0 Å². The van der Waals surface area contributed by atoms with E-state index in [1.807, 2.05) is 0 Å². The van der Waals surface area contributed by atoms with Gasteiger partial charge in [0.05, 0.1) is 5.92 Å². The number of carbonyl (C=O) groups is 1. The van der Waals surface area contributed by atoms with Gasteiger partial charge in [-0.25, -0.2) is 0 Å². The molecule has 0 radical (unpaired) electrons. The molecule has 3 atom stereocenters. The average Bonchev–Trinajstić information content (AvgIpc) is 2.86. The van der Waals surface area contributed by atoms with Crippen molar-refractivity contribution >= 4 is 5.91 Å². The van der Waals surface area contributed by atoms with Crippen LogP contribution in [0.5, 0.6) is 0 Å². The van der Waals surface area contributed by atoms with Crippen molar-refractivity contribution in [1.29, 1.82) is 0 Å². The first-order valence-corrected chi connectivity index (χ1v) is 8.17.